The number of halogens is 1. The molecule has 0 atom stereocenters. The third-order valence-electron chi connectivity index (χ3n) is 4.75. The molecule has 6 nitrogen and oxygen atoms in total. The SMILES string of the molecule is O=C(Nc1ccccc1Cl)C1CCN(c2ccc(-c3ccco3)nn2)CC1. The van der Waals surface area contributed by atoms with Gasteiger partial charge < -0.3 is 14.6 Å². The van der Waals surface area contributed by atoms with Gasteiger partial charge in [-0.2, -0.15) is 0 Å². The molecule has 1 amide bonds. The molecule has 1 aliphatic rings. The number of hydrogen-bond acceptors (Lipinski definition) is 5. The van der Waals surface area contributed by atoms with Crippen molar-refractivity contribution in [3.63, 3.8) is 0 Å². The monoisotopic (exact) mass is 382 g/mol. The van der Waals surface area contributed by atoms with Crippen LogP contribution in [0.15, 0.2) is 59.2 Å². The van der Waals surface area contributed by atoms with E-state index in [0.29, 0.717) is 22.2 Å². The van der Waals surface area contributed by atoms with Gasteiger partial charge in [0.05, 0.1) is 17.0 Å². The topological polar surface area (TPSA) is 71.3 Å². The molecule has 1 N–H and O–H groups in total. The maximum atomic E-state index is 12.5. The smallest absolute Gasteiger partial charge is 0.227 e. The first kappa shape index (κ1) is 17.5. The van der Waals surface area contributed by atoms with Gasteiger partial charge in [-0.25, -0.2) is 0 Å². The zero-order valence-corrected chi connectivity index (χ0v) is 15.4. The number of hydrogen-bond donors (Lipinski definition) is 1. The molecule has 4 rings (SSSR count). The van der Waals surface area contributed by atoms with Crippen LogP contribution in [0.2, 0.25) is 5.02 Å². The highest BCUT2D eigenvalue weighted by atomic mass is 35.5. The van der Waals surface area contributed by atoms with Gasteiger partial charge in [0.1, 0.15) is 5.69 Å². The summed E-state index contributed by atoms with van der Waals surface area (Å²) in [5, 5.41) is 12.0. The quantitative estimate of drug-likeness (QED) is 0.730. The van der Waals surface area contributed by atoms with Crippen molar-refractivity contribution in [2.75, 3.05) is 23.3 Å². The van der Waals surface area contributed by atoms with Gasteiger partial charge in [-0.3, -0.25) is 4.79 Å². The number of carbonyl (C=O) groups is 1. The molecule has 0 saturated carbocycles. The van der Waals surface area contributed by atoms with E-state index in [-0.39, 0.29) is 11.8 Å². The Morgan fingerprint density at radius 1 is 1.07 bits per heavy atom. The number of amides is 1. The Kier molecular flexibility index (Phi) is 5.07. The Bertz CT molecular complexity index is 904. The van der Waals surface area contributed by atoms with E-state index in [4.69, 9.17) is 16.0 Å². The minimum absolute atomic E-state index is 0.0157. The summed E-state index contributed by atoms with van der Waals surface area (Å²) in [7, 11) is 0. The van der Waals surface area contributed by atoms with E-state index in [1.165, 1.54) is 0 Å². The van der Waals surface area contributed by atoms with E-state index in [1.807, 2.05) is 42.5 Å². The van der Waals surface area contributed by atoms with E-state index in [2.05, 4.69) is 20.4 Å². The highest BCUT2D eigenvalue weighted by Gasteiger charge is 2.26. The summed E-state index contributed by atoms with van der Waals surface area (Å²) in [5.41, 5.74) is 1.36. The number of anilines is 2. The molecule has 2 aromatic heterocycles. The molecule has 0 unspecified atom stereocenters. The molecular formula is C20H19ClN4O2. The van der Waals surface area contributed by atoms with Crippen LogP contribution < -0.4 is 10.2 Å². The highest BCUT2D eigenvalue weighted by Crippen LogP contribution is 2.26. The molecule has 3 aromatic rings. The summed E-state index contributed by atoms with van der Waals surface area (Å²) in [6.07, 6.45) is 3.14. The van der Waals surface area contributed by atoms with Gasteiger partial charge in [0.15, 0.2) is 11.6 Å². The lowest BCUT2D eigenvalue weighted by molar-refractivity contribution is -0.120. The summed E-state index contributed by atoms with van der Waals surface area (Å²) in [5.74, 6) is 1.49. The van der Waals surface area contributed by atoms with Crippen molar-refractivity contribution in [3.05, 3.63) is 59.8 Å². The maximum Gasteiger partial charge on any atom is 0.227 e. The summed E-state index contributed by atoms with van der Waals surface area (Å²) in [6, 6.07) is 14.8. The van der Waals surface area contributed by atoms with Crippen molar-refractivity contribution < 1.29 is 9.21 Å². The van der Waals surface area contributed by atoms with Crippen LogP contribution in [0.4, 0.5) is 11.5 Å². The molecule has 0 radical (unpaired) electrons. The second-order valence-corrected chi connectivity index (χ2v) is 6.89. The Hall–Kier alpha value is -2.86. The number of benzene rings is 1. The number of furan rings is 1. The summed E-state index contributed by atoms with van der Waals surface area (Å²) >= 11 is 6.12. The van der Waals surface area contributed by atoms with Crippen molar-refractivity contribution in [1.29, 1.82) is 0 Å². The van der Waals surface area contributed by atoms with Crippen LogP contribution in [0, 0.1) is 5.92 Å². The van der Waals surface area contributed by atoms with E-state index < -0.39 is 0 Å². The van der Waals surface area contributed by atoms with Gasteiger partial charge >= 0.3 is 0 Å². The largest absolute Gasteiger partial charge is 0.463 e. The number of carbonyl (C=O) groups excluding carboxylic acids is 1. The average molecular weight is 383 g/mol. The molecule has 0 spiro atoms. The molecule has 1 saturated heterocycles. The van der Waals surface area contributed by atoms with Crippen LogP contribution in [0.1, 0.15) is 12.8 Å². The Morgan fingerprint density at radius 2 is 1.89 bits per heavy atom. The van der Waals surface area contributed by atoms with Crippen LogP contribution in [-0.2, 0) is 4.79 Å². The van der Waals surface area contributed by atoms with Crippen LogP contribution in [0.25, 0.3) is 11.5 Å². The van der Waals surface area contributed by atoms with E-state index in [9.17, 15) is 4.79 Å². The van der Waals surface area contributed by atoms with Crippen molar-refractivity contribution >= 4 is 29.0 Å². The zero-order valence-electron chi connectivity index (χ0n) is 14.6. The van der Waals surface area contributed by atoms with Crippen molar-refractivity contribution in [2.24, 2.45) is 5.92 Å². The average Bonchev–Trinajstić information content (AvgIpc) is 3.25. The molecule has 27 heavy (non-hydrogen) atoms. The van der Waals surface area contributed by atoms with Crippen molar-refractivity contribution in [2.45, 2.75) is 12.8 Å². The van der Waals surface area contributed by atoms with Crippen LogP contribution in [0.5, 0.6) is 0 Å². The highest BCUT2D eigenvalue weighted by molar-refractivity contribution is 6.33. The first-order valence-electron chi connectivity index (χ1n) is 8.88. The standard InChI is InChI=1S/C20H19ClN4O2/c21-15-4-1-2-5-16(15)22-20(26)14-9-11-25(12-10-14)19-8-7-17(23-24-19)18-6-3-13-27-18/h1-8,13-14H,9-12H2,(H,22,26). The number of piperidine rings is 1. The minimum atomic E-state index is -0.0344. The normalized spacial score (nSPS) is 14.9. The number of rotatable bonds is 4. The third-order valence-corrected chi connectivity index (χ3v) is 5.08. The lowest BCUT2D eigenvalue weighted by atomic mass is 9.96. The lowest BCUT2D eigenvalue weighted by Gasteiger charge is -2.31. The minimum Gasteiger partial charge on any atom is -0.463 e. The Morgan fingerprint density at radius 3 is 2.56 bits per heavy atom. The van der Waals surface area contributed by atoms with E-state index >= 15 is 0 Å². The predicted molar refractivity (Wildman–Crippen MR) is 105 cm³/mol. The third kappa shape index (κ3) is 3.95. The first-order chi connectivity index (χ1) is 13.2. The molecule has 1 aromatic carbocycles. The van der Waals surface area contributed by atoms with Crippen molar-refractivity contribution in [3.8, 4) is 11.5 Å². The number of para-hydroxylation sites is 1. The Balaban J connectivity index is 1.34. The number of aromatic nitrogens is 2. The molecule has 3 heterocycles. The van der Waals surface area contributed by atoms with Gasteiger partial charge in [-0.05, 0) is 49.2 Å². The molecule has 0 aliphatic carbocycles. The zero-order chi connectivity index (χ0) is 18.6. The van der Waals surface area contributed by atoms with Crippen LogP contribution in [-0.4, -0.2) is 29.2 Å². The van der Waals surface area contributed by atoms with Gasteiger partial charge in [0.2, 0.25) is 5.91 Å². The fraction of sp³-hybridized carbons (Fsp3) is 0.250. The lowest BCUT2D eigenvalue weighted by Crippen LogP contribution is -2.38. The first-order valence-corrected chi connectivity index (χ1v) is 9.26. The Labute approximate surface area is 162 Å². The fourth-order valence-electron chi connectivity index (χ4n) is 3.22. The van der Waals surface area contributed by atoms with E-state index in [1.54, 1.807) is 12.3 Å². The van der Waals surface area contributed by atoms with Crippen molar-refractivity contribution in [1.82, 2.24) is 10.2 Å². The molecule has 1 aliphatic heterocycles. The van der Waals surface area contributed by atoms with Gasteiger partial charge in [-0.1, -0.05) is 23.7 Å². The molecule has 7 heteroatoms. The predicted octanol–water partition coefficient (Wildman–Crippen LogP) is 4.25. The van der Waals surface area contributed by atoms with Gasteiger partial charge in [0, 0.05) is 19.0 Å². The van der Waals surface area contributed by atoms with Crippen LogP contribution >= 0.6 is 11.6 Å². The van der Waals surface area contributed by atoms with Gasteiger partial charge in [-0.15, -0.1) is 10.2 Å². The molecule has 0 bridgehead atoms. The second-order valence-electron chi connectivity index (χ2n) is 6.48. The molecular weight excluding hydrogens is 364 g/mol. The summed E-state index contributed by atoms with van der Waals surface area (Å²) < 4.78 is 5.33. The number of nitrogens with one attached hydrogen (secondary N) is 1. The molecule has 1 fully saturated rings. The van der Waals surface area contributed by atoms with Crippen LogP contribution in [0.3, 0.4) is 0 Å². The van der Waals surface area contributed by atoms with Gasteiger partial charge in [0.25, 0.3) is 0 Å². The maximum absolute atomic E-state index is 12.5. The van der Waals surface area contributed by atoms with E-state index in [0.717, 1.165) is 31.7 Å². The summed E-state index contributed by atoms with van der Waals surface area (Å²) in [4.78, 5) is 14.7. The second kappa shape index (κ2) is 7.80. The molecule has 138 valence electrons. The number of nitrogens with zero attached hydrogens (tertiary/aromatic N) is 3. The fourth-order valence-corrected chi connectivity index (χ4v) is 3.40. The summed E-state index contributed by atoms with van der Waals surface area (Å²) in [6.45, 7) is 1.52.